The first-order valence-electron chi connectivity index (χ1n) is 13.8. The van der Waals surface area contributed by atoms with Gasteiger partial charge in [-0.3, -0.25) is 0 Å². The number of ether oxygens (including phenoxy) is 1. The highest BCUT2D eigenvalue weighted by Gasteiger charge is 2.29. The third-order valence-corrected chi connectivity index (χ3v) is 9.87. The summed E-state index contributed by atoms with van der Waals surface area (Å²) >= 11 is 0. The number of fused-ring (bicyclic) bond motifs is 1. The fraction of sp³-hybridized carbons (Fsp3) is 0.433. The van der Waals surface area contributed by atoms with Gasteiger partial charge in [-0.25, -0.2) is 23.4 Å². The fourth-order valence-electron chi connectivity index (χ4n) is 5.54. The predicted molar refractivity (Wildman–Crippen MR) is 163 cm³/mol. The predicted octanol–water partition coefficient (Wildman–Crippen LogP) is 4.18. The van der Waals surface area contributed by atoms with Crippen molar-refractivity contribution in [2.75, 3.05) is 57.4 Å². The normalized spacial score (nSPS) is 18.9. The number of aromatic nitrogens is 4. The Hall–Kier alpha value is -3.38. The van der Waals surface area contributed by atoms with E-state index >= 15 is 0 Å². The van der Waals surface area contributed by atoms with Crippen LogP contribution in [0.3, 0.4) is 0 Å². The summed E-state index contributed by atoms with van der Waals surface area (Å²) < 4.78 is 34.6. The second kappa shape index (κ2) is 11.8. The van der Waals surface area contributed by atoms with Gasteiger partial charge in [-0.05, 0) is 50.2 Å². The number of aromatic amines is 1. The molecule has 0 radical (unpaired) electrons. The number of nitrogens with zero attached hydrogens (tertiary/aromatic N) is 6. The van der Waals surface area contributed by atoms with Crippen LogP contribution in [-0.4, -0.2) is 96.1 Å². The molecule has 1 aromatic carbocycles. The number of pyridine rings is 1. The number of piperazine rings is 1. The first-order valence-corrected chi connectivity index (χ1v) is 15.3. The number of nitrogens with one attached hydrogen (secondary N) is 1. The van der Waals surface area contributed by atoms with Gasteiger partial charge in [-0.2, -0.15) is 4.31 Å². The van der Waals surface area contributed by atoms with Crippen molar-refractivity contribution in [3.8, 4) is 22.6 Å². The summed E-state index contributed by atoms with van der Waals surface area (Å²) in [4.78, 5) is 22.4. The van der Waals surface area contributed by atoms with Gasteiger partial charge in [0.15, 0.2) is 5.82 Å². The number of benzene rings is 1. The van der Waals surface area contributed by atoms with Crippen molar-refractivity contribution in [3.63, 3.8) is 0 Å². The van der Waals surface area contributed by atoms with Gasteiger partial charge in [0.2, 0.25) is 10.0 Å². The minimum atomic E-state index is -3.64. The van der Waals surface area contributed by atoms with Crippen LogP contribution in [0.2, 0.25) is 0 Å². The molecule has 0 amide bonds. The summed E-state index contributed by atoms with van der Waals surface area (Å²) in [6.07, 6.45) is 3.60. The quantitative estimate of drug-likeness (QED) is 0.364. The lowest BCUT2D eigenvalue weighted by Gasteiger charge is -2.34. The maximum Gasteiger partial charge on any atom is 0.243 e. The van der Waals surface area contributed by atoms with Gasteiger partial charge < -0.3 is 19.5 Å². The Balaban J connectivity index is 0.00000337. The van der Waals surface area contributed by atoms with Gasteiger partial charge in [0.1, 0.15) is 11.5 Å². The minimum absolute atomic E-state index is 0. The molecule has 0 bridgehead atoms. The van der Waals surface area contributed by atoms with E-state index in [-0.39, 0.29) is 18.4 Å². The Bertz CT molecular complexity index is 1630. The molecule has 6 rings (SSSR count). The van der Waals surface area contributed by atoms with Crippen molar-refractivity contribution in [1.82, 2.24) is 29.1 Å². The van der Waals surface area contributed by atoms with E-state index in [1.165, 1.54) is 0 Å². The molecule has 2 fully saturated rings. The molecule has 10 nitrogen and oxygen atoms in total. The fourth-order valence-corrected chi connectivity index (χ4v) is 6.99. The highest BCUT2D eigenvalue weighted by atomic mass is 32.2. The van der Waals surface area contributed by atoms with Crippen molar-refractivity contribution in [3.05, 3.63) is 54.4 Å². The number of hydrogen-bond acceptors (Lipinski definition) is 8. The smallest absolute Gasteiger partial charge is 0.243 e. The first-order chi connectivity index (χ1) is 19.3. The Morgan fingerprint density at radius 3 is 2.59 bits per heavy atom. The molecule has 0 aliphatic carbocycles. The molecule has 1 N–H and O–H groups in total. The number of likely N-dealkylation sites (N-methyl/N-ethyl adjacent to an activating group) is 1. The summed E-state index contributed by atoms with van der Waals surface area (Å²) in [6.45, 7) is 11.5. The van der Waals surface area contributed by atoms with Crippen LogP contribution < -0.4 is 4.90 Å². The number of hydrogen-bond donors (Lipinski definition) is 1. The van der Waals surface area contributed by atoms with Gasteiger partial charge in [-0.15, -0.1) is 0 Å². The van der Waals surface area contributed by atoms with Gasteiger partial charge in [0.25, 0.3) is 0 Å². The Morgan fingerprint density at radius 1 is 1.02 bits per heavy atom. The molecule has 3 aromatic heterocycles. The van der Waals surface area contributed by atoms with Crippen molar-refractivity contribution in [2.45, 2.75) is 39.1 Å². The van der Waals surface area contributed by atoms with Crippen molar-refractivity contribution in [2.24, 2.45) is 0 Å². The molecular formula is C30H39N7O3S. The van der Waals surface area contributed by atoms with Crippen molar-refractivity contribution >= 4 is 26.9 Å². The topological polar surface area (TPSA) is 108 Å². The zero-order chi connectivity index (χ0) is 27.9. The number of aryl methyl sites for hydroxylation is 1. The lowest BCUT2D eigenvalue weighted by molar-refractivity contribution is 0.0985. The third kappa shape index (κ3) is 5.59. The molecule has 2 saturated heterocycles. The SMILES string of the molecule is C.CCN1CCN(S(=O)(=O)c2ccc(C)c(-c3cc(N4CCOC[C@H]4C)nc(-c4ccnc5[nH]ccc45)n3)c2)CC1. The van der Waals surface area contributed by atoms with Gasteiger partial charge in [-0.1, -0.05) is 20.4 Å². The van der Waals surface area contributed by atoms with Gasteiger partial charge in [0.05, 0.1) is 29.8 Å². The standard InChI is InChI=1S/C29H35N7O3S.CH4/c1-4-34-11-13-35(14-12-34)40(37,38)22-6-5-20(2)25(17-22)26-18-27(36-15-16-39-19-21(36)3)33-29(32-26)24-8-10-31-28-23(24)7-9-30-28;/h5-10,17-18,21H,4,11-16,19H2,1-3H3,(H,30,31);1H4/t21-;/m1./s1. The Labute approximate surface area is 242 Å². The molecule has 0 saturated carbocycles. The second-order valence-electron chi connectivity index (χ2n) is 10.5. The van der Waals surface area contributed by atoms with Crippen molar-refractivity contribution < 1.29 is 13.2 Å². The number of H-pyrrole nitrogens is 1. The summed E-state index contributed by atoms with van der Waals surface area (Å²) in [5.41, 5.74) is 4.04. The number of sulfonamides is 1. The average Bonchev–Trinajstić information content (AvgIpc) is 3.46. The summed E-state index contributed by atoms with van der Waals surface area (Å²) in [5, 5.41) is 0.930. The molecule has 218 valence electrons. The molecule has 41 heavy (non-hydrogen) atoms. The zero-order valence-corrected chi connectivity index (χ0v) is 24.0. The Morgan fingerprint density at radius 2 is 1.83 bits per heavy atom. The molecule has 2 aliphatic rings. The van der Waals surface area contributed by atoms with E-state index in [4.69, 9.17) is 14.7 Å². The minimum Gasteiger partial charge on any atom is -0.377 e. The monoisotopic (exact) mass is 577 g/mol. The maximum absolute atomic E-state index is 13.7. The van der Waals surface area contributed by atoms with E-state index in [0.29, 0.717) is 44.4 Å². The zero-order valence-electron chi connectivity index (χ0n) is 23.2. The molecule has 4 aromatic rings. The number of morpholine rings is 1. The van der Waals surface area contributed by atoms with Crippen LogP contribution in [0, 0.1) is 6.92 Å². The molecule has 2 aliphatic heterocycles. The molecule has 5 heterocycles. The van der Waals surface area contributed by atoms with Crippen molar-refractivity contribution in [1.29, 1.82) is 0 Å². The molecule has 0 spiro atoms. The van der Waals surface area contributed by atoms with E-state index in [9.17, 15) is 8.42 Å². The maximum atomic E-state index is 13.7. The highest BCUT2D eigenvalue weighted by molar-refractivity contribution is 7.89. The van der Waals surface area contributed by atoms with E-state index in [0.717, 1.165) is 53.2 Å². The third-order valence-electron chi connectivity index (χ3n) is 7.98. The summed E-state index contributed by atoms with van der Waals surface area (Å²) in [7, 11) is -3.64. The largest absolute Gasteiger partial charge is 0.377 e. The van der Waals surface area contributed by atoms with Crippen LogP contribution in [0.1, 0.15) is 26.8 Å². The van der Waals surface area contributed by atoms with Crippen LogP contribution in [0.25, 0.3) is 33.7 Å². The molecule has 0 unspecified atom stereocenters. The van der Waals surface area contributed by atoms with Gasteiger partial charge >= 0.3 is 0 Å². The first kappa shape index (κ1) is 29.1. The van der Waals surface area contributed by atoms with Crippen LogP contribution in [0.15, 0.2) is 53.7 Å². The molecule has 11 heteroatoms. The number of rotatable bonds is 6. The van der Waals surface area contributed by atoms with E-state index in [1.54, 1.807) is 22.6 Å². The summed E-state index contributed by atoms with van der Waals surface area (Å²) in [6, 6.07) is 11.4. The van der Waals surface area contributed by atoms with E-state index in [1.807, 2.05) is 37.4 Å². The van der Waals surface area contributed by atoms with Crippen LogP contribution in [0.5, 0.6) is 0 Å². The highest BCUT2D eigenvalue weighted by Crippen LogP contribution is 2.33. The average molecular weight is 578 g/mol. The second-order valence-corrected chi connectivity index (χ2v) is 12.4. The van der Waals surface area contributed by atoms with Gasteiger partial charge in [0, 0.05) is 67.7 Å². The van der Waals surface area contributed by atoms with Crippen LogP contribution in [-0.2, 0) is 14.8 Å². The summed E-state index contributed by atoms with van der Waals surface area (Å²) in [5.74, 6) is 1.36. The Kier molecular flexibility index (Phi) is 8.42. The van der Waals surface area contributed by atoms with Crippen LogP contribution >= 0.6 is 0 Å². The lowest BCUT2D eigenvalue weighted by atomic mass is 10.0. The lowest BCUT2D eigenvalue weighted by Crippen LogP contribution is -2.48. The molecule has 1 atom stereocenters. The van der Waals surface area contributed by atoms with Crippen LogP contribution in [0.4, 0.5) is 5.82 Å². The van der Waals surface area contributed by atoms with E-state index < -0.39 is 10.0 Å². The number of anilines is 1. The molecular weight excluding hydrogens is 538 g/mol. The van der Waals surface area contributed by atoms with E-state index in [2.05, 4.69) is 33.6 Å².